The van der Waals surface area contributed by atoms with E-state index in [0.717, 1.165) is 0 Å². The largest absolute Gasteiger partial charge is 1.00 e. The van der Waals surface area contributed by atoms with E-state index < -0.39 is 8.07 Å². The van der Waals surface area contributed by atoms with Crippen molar-refractivity contribution in [3.05, 3.63) is 58.8 Å². The van der Waals surface area contributed by atoms with Gasteiger partial charge < -0.3 is 37.2 Å². The molecule has 0 radical (unpaired) electrons. The number of hydrogen-bond acceptors (Lipinski definition) is 0. The first-order valence-corrected chi connectivity index (χ1v) is 11.6. The van der Waals surface area contributed by atoms with Crippen LogP contribution in [0, 0.1) is 6.92 Å². The molecule has 0 amide bonds. The molecule has 0 N–H and O–H groups in total. The minimum absolute atomic E-state index is 0. The summed E-state index contributed by atoms with van der Waals surface area (Å²) >= 11 is 2.38. The summed E-state index contributed by atoms with van der Waals surface area (Å²) in [6.07, 6.45) is 7.34. The Labute approximate surface area is 173 Å². The fourth-order valence-electron chi connectivity index (χ4n) is 2.91. The van der Waals surface area contributed by atoms with Gasteiger partial charge in [0.05, 0.1) is 0 Å². The van der Waals surface area contributed by atoms with Crippen molar-refractivity contribution >= 4 is 8.07 Å². The Morgan fingerprint density at radius 3 is 1.96 bits per heavy atom. The molecule has 1 aromatic rings. The Kier molecular flexibility index (Phi) is 9.78. The molecule has 0 heterocycles. The second-order valence-electron chi connectivity index (χ2n) is 7.49. The summed E-state index contributed by atoms with van der Waals surface area (Å²) in [6.45, 7) is 14.3. The van der Waals surface area contributed by atoms with Gasteiger partial charge in [-0.05, 0) is 0 Å². The van der Waals surface area contributed by atoms with Crippen LogP contribution in [0.5, 0.6) is 0 Å². The van der Waals surface area contributed by atoms with Crippen LogP contribution in [0.4, 0.5) is 0 Å². The van der Waals surface area contributed by atoms with Gasteiger partial charge in [-0.2, -0.15) is 0 Å². The van der Waals surface area contributed by atoms with Crippen molar-refractivity contribution in [2.24, 2.45) is 0 Å². The third kappa shape index (κ3) is 5.00. The summed E-state index contributed by atoms with van der Waals surface area (Å²) in [6, 6.07) is 8.80. The van der Waals surface area contributed by atoms with E-state index in [0.29, 0.717) is 0 Å². The summed E-state index contributed by atoms with van der Waals surface area (Å²) in [5.74, 6) is 0. The van der Waals surface area contributed by atoms with Crippen molar-refractivity contribution in [2.75, 3.05) is 0 Å². The van der Waals surface area contributed by atoms with Crippen LogP contribution in [0.3, 0.4) is 0 Å². The fraction of sp³-hybridized carbons (Fsp3) is 0.444. The Hall–Kier alpha value is 0.501. The van der Waals surface area contributed by atoms with Crippen molar-refractivity contribution < 1.29 is 57.7 Å². The standard InChI is InChI=1S/C18H25Si.3ClH.Ti/c1-14-9-7-8-10-17(14)18(2,3)15-11-12-16(13-15)19(4,5)6;;;;/h7-13H,1-6H3;3*1H;/q;;;;+3/p-3. The van der Waals surface area contributed by atoms with Crippen molar-refractivity contribution in [3.63, 3.8) is 0 Å². The maximum Gasteiger partial charge on any atom is -1.00 e. The molecule has 0 nitrogen and oxygen atoms in total. The molecule has 126 valence electrons. The molecule has 0 bridgehead atoms. The van der Waals surface area contributed by atoms with Gasteiger partial charge in [-0.25, -0.2) is 0 Å². The Balaban J connectivity index is 0. The van der Waals surface area contributed by atoms with Crippen molar-refractivity contribution in [3.8, 4) is 0 Å². The summed E-state index contributed by atoms with van der Waals surface area (Å²) in [7, 11) is -1.23. The molecule has 1 aromatic carbocycles. The molecule has 0 fully saturated rings. The van der Waals surface area contributed by atoms with E-state index in [2.05, 4.69) is 103 Å². The average molecular weight is 424 g/mol. The van der Waals surface area contributed by atoms with Gasteiger partial charge in [0, 0.05) is 0 Å². The zero-order valence-corrected chi connectivity index (χ0v) is 19.5. The van der Waals surface area contributed by atoms with Crippen LogP contribution in [0.25, 0.3) is 0 Å². The van der Waals surface area contributed by atoms with E-state index in [-0.39, 0.29) is 46.4 Å². The Bertz CT molecular complexity index is 588. The third-order valence-corrected chi connectivity index (χ3v) is 8.13. The van der Waals surface area contributed by atoms with E-state index in [4.69, 9.17) is 0 Å². The average Bonchev–Trinajstić information content (AvgIpc) is 2.74. The van der Waals surface area contributed by atoms with Crippen LogP contribution in [-0.4, -0.2) is 8.07 Å². The van der Waals surface area contributed by atoms with E-state index in [1.54, 1.807) is 5.20 Å². The first-order chi connectivity index (χ1) is 9.08. The van der Waals surface area contributed by atoms with Crippen molar-refractivity contribution in [1.29, 1.82) is 0 Å². The van der Waals surface area contributed by atoms with Gasteiger partial charge in [0.25, 0.3) is 0 Å². The zero-order valence-electron chi connectivity index (χ0n) is 14.7. The van der Waals surface area contributed by atoms with Gasteiger partial charge in [-0.3, -0.25) is 0 Å². The minimum atomic E-state index is -1.23. The number of aryl methyl sites for hydroxylation is 1. The van der Waals surface area contributed by atoms with Gasteiger partial charge in [0.15, 0.2) is 0 Å². The van der Waals surface area contributed by atoms with Crippen LogP contribution in [0.2, 0.25) is 23.4 Å². The number of allylic oxidation sites excluding steroid dienone is 4. The number of benzene rings is 1. The first kappa shape index (κ1) is 25.7. The predicted molar refractivity (Wildman–Crippen MR) is 87.5 cm³/mol. The molecule has 1 atom stereocenters. The molecular formula is C18H25Cl3SiTi. The molecule has 1 unspecified atom stereocenters. The monoisotopic (exact) mass is 422 g/mol. The quantitative estimate of drug-likeness (QED) is 0.440. The first-order valence-electron chi connectivity index (χ1n) is 7.32. The van der Waals surface area contributed by atoms with E-state index >= 15 is 0 Å². The van der Waals surface area contributed by atoms with E-state index in [1.807, 2.05) is 0 Å². The molecule has 0 aromatic heterocycles. The third-order valence-electron chi connectivity index (χ3n) is 4.63. The summed E-state index contributed by atoms with van der Waals surface area (Å²) in [5.41, 5.74) is 2.96. The van der Waals surface area contributed by atoms with Gasteiger partial charge in [0.2, 0.25) is 0 Å². The Morgan fingerprint density at radius 1 is 1.00 bits per heavy atom. The SMILES string of the molecule is Cc1ccccc1C(C)(C)[C]1([Ti+3])C=CC([Si](C)(C)C)=C1.[Cl-].[Cl-].[Cl-]. The van der Waals surface area contributed by atoms with Crippen LogP contribution in [-0.2, 0) is 25.9 Å². The van der Waals surface area contributed by atoms with Crippen molar-refractivity contribution in [1.82, 2.24) is 0 Å². The number of rotatable bonds is 3. The molecule has 0 aliphatic heterocycles. The van der Waals surface area contributed by atoms with Gasteiger partial charge in [-0.1, -0.05) is 0 Å². The van der Waals surface area contributed by atoms with Crippen LogP contribution in [0.1, 0.15) is 25.0 Å². The second kappa shape index (κ2) is 8.74. The predicted octanol–water partition coefficient (Wildman–Crippen LogP) is -3.64. The Morgan fingerprint density at radius 2 is 1.52 bits per heavy atom. The summed E-state index contributed by atoms with van der Waals surface area (Å²) in [5, 5.41) is 1.58. The van der Waals surface area contributed by atoms with Crippen LogP contribution >= 0.6 is 0 Å². The second-order valence-corrected chi connectivity index (χ2v) is 13.9. The van der Waals surface area contributed by atoms with E-state index in [1.165, 1.54) is 11.1 Å². The maximum atomic E-state index is 2.53. The molecule has 5 heteroatoms. The smallest absolute Gasteiger partial charge is 1.00 e. The van der Waals surface area contributed by atoms with Crippen LogP contribution < -0.4 is 37.2 Å². The molecule has 1 aliphatic carbocycles. The molecular weight excluding hydrogens is 399 g/mol. The topological polar surface area (TPSA) is 0 Å². The molecule has 2 rings (SSSR count). The van der Waals surface area contributed by atoms with Gasteiger partial charge in [0.1, 0.15) is 0 Å². The summed E-state index contributed by atoms with van der Waals surface area (Å²) in [4.78, 5) is 0. The van der Waals surface area contributed by atoms with E-state index in [9.17, 15) is 0 Å². The minimum Gasteiger partial charge on any atom is -1.00 e. The number of halogens is 3. The summed E-state index contributed by atoms with van der Waals surface area (Å²) < 4.78 is 0.106. The maximum absolute atomic E-state index is 2.53. The zero-order chi connectivity index (χ0) is 15.2. The molecule has 0 saturated heterocycles. The van der Waals surface area contributed by atoms with Gasteiger partial charge >= 0.3 is 137 Å². The van der Waals surface area contributed by atoms with Crippen molar-refractivity contribution in [2.45, 2.75) is 49.5 Å². The molecule has 0 spiro atoms. The van der Waals surface area contributed by atoms with Crippen LogP contribution in [0.15, 0.2) is 47.7 Å². The molecule has 1 aliphatic rings. The molecule has 0 saturated carbocycles. The molecule has 23 heavy (non-hydrogen) atoms. The fourth-order valence-corrected chi connectivity index (χ4v) is 4.97. The van der Waals surface area contributed by atoms with Gasteiger partial charge in [-0.15, -0.1) is 0 Å². The normalized spacial score (nSPS) is 20.1. The number of hydrogen-bond donors (Lipinski definition) is 0.